The standard InChI is InChI=1S/C12H21N5/c1-3-17-7-5-10(9-17)8-15-11-4-6-14-12(13-2)16-11/h4,6,10H,3,5,7-9H2,1-2H3,(H2,13,14,15,16). The van der Waals surface area contributed by atoms with Crippen LogP contribution in [0, 0.1) is 5.92 Å². The van der Waals surface area contributed by atoms with E-state index >= 15 is 0 Å². The van der Waals surface area contributed by atoms with Gasteiger partial charge in [0.15, 0.2) is 0 Å². The van der Waals surface area contributed by atoms with Gasteiger partial charge in [0.05, 0.1) is 0 Å². The molecule has 1 aliphatic rings. The summed E-state index contributed by atoms with van der Waals surface area (Å²) in [5, 5.41) is 6.33. The Morgan fingerprint density at radius 2 is 2.41 bits per heavy atom. The van der Waals surface area contributed by atoms with Crippen LogP contribution in [0.2, 0.25) is 0 Å². The minimum absolute atomic E-state index is 0.664. The summed E-state index contributed by atoms with van der Waals surface area (Å²) in [4.78, 5) is 10.9. The Hall–Kier alpha value is -1.36. The summed E-state index contributed by atoms with van der Waals surface area (Å²) < 4.78 is 0. The van der Waals surface area contributed by atoms with Crippen LogP contribution in [0.5, 0.6) is 0 Å². The topological polar surface area (TPSA) is 53.1 Å². The van der Waals surface area contributed by atoms with Gasteiger partial charge in [-0.1, -0.05) is 6.92 Å². The van der Waals surface area contributed by atoms with Crippen LogP contribution in [-0.2, 0) is 0 Å². The average Bonchev–Trinajstić information content (AvgIpc) is 2.84. The summed E-state index contributed by atoms with van der Waals surface area (Å²) in [6.45, 7) is 6.81. The summed E-state index contributed by atoms with van der Waals surface area (Å²) in [5.74, 6) is 2.30. The van der Waals surface area contributed by atoms with E-state index < -0.39 is 0 Å². The van der Waals surface area contributed by atoms with Gasteiger partial charge in [-0.05, 0) is 31.5 Å². The summed E-state index contributed by atoms with van der Waals surface area (Å²) in [6.07, 6.45) is 3.05. The van der Waals surface area contributed by atoms with Gasteiger partial charge in [-0.2, -0.15) is 4.98 Å². The van der Waals surface area contributed by atoms with E-state index in [4.69, 9.17) is 0 Å². The molecule has 2 N–H and O–H groups in total. The van der Waals surface area contributed by atoms with Crippen molar-refractivity contribution in [1.29, 1.82) is 0 Å². The Morgan fingerprint density at radius 1 is 1.53 bits per heavy atom. The van der Waals surface area contributed by atoms with Crippen molar-refractivity contribution in [2.45, 2.75) is 13.3 Å². The highest BCUT2D eigenvalue weighted by Gasteiger charge is 2.20. The lowest BCUT2D eigenvalue weighted by atomic mass is 10.1. The van der Waals surface area contributed by atoms with E-state index in [1.54, 1.807) is 6.20 Å². The van der Waals surface area contributed by atoms with Gasteiger partial charge in [0.1, 0.15) is 5.82 Å². The zero-order valence-electron chi connectivity index (χ0n) is 10.6. The average molecular weight is 235 g/mol. The van der Waals surface area contributed by atoms with Crippen molar-refractivity contribution >= 4 is 11.8 Å². The molecule has 0 saturated carbocycles. The van der Waals surface area contributed by atoms with Crippen molar-refractivity contribution in [3.8, 4) is 0 Å². The van der Waals surface area contributed by atoms with Crippen LogP contribution in [0.15, 0.2) is 12.3 Å². The molecule has 17 heavy (non-hydrogen) atoms. The maximum Gasteiger partial charge on any atom is 0.224 e. The Bertz CT molecular complexity index is 355. The Balaban J connectivity index is 1.81. The number of rotatable bonds is 5. The van der Waals surface area contributed by atoms with E-state index in [2.05, 4.69) is 32.4 Å². The van der Waals surface area contributed by atoms with Gasteiger partial charge in [-0.15, -0.1) is 0 Å². The van der Waals surface area contributed by atoms with Crippen LogP contribution in [0.25, 0.3) is 0 Å². The number of nitrogens with zero attached hydrogens (tertiary/aromatic N) is 3. The van der Waals surface area contributed by atoms with Gasteiger partial charge in [0, 0.05) is 26.3 Å². The van der Waals surface area contributed by atoms with Crippen molar-refractivity contribution in [3.05, 3.63) is 12.3 Å². The molecule has 2 rings (SSSR count). The third kappa shape index (κ3) is 3.30. The maximum absolute atomic E-state index is 4.34. The van der Waals surface area contributed by atoms with E-state index in [0.29, 0.717) is 5.95 Å². The number of nitrogens with one attached hydrogen (secondary N) is 2. The number of hydrogen-bond acceptors (Lipinski definition) is 5. The fourth-order valence-electron chi connectivity index (χ4n) is 2.19. The number of aromatic nitrogens is 2. The SMILES string of the molecule is CCN1CCC(CNc2ccnc(NC)n2)C1. The molecule has 0 bridgehead atoms. The van der Waals surface area contributed by atoms with E-state index in [0.717, 1.165) is 24.8 Å². The fourth-order valence-corrected chi connectivity index (χ4v) is 2.19. The molecule has 0 radical (unpaired) electrons. The molecule has 0 aromatic carbocycles. The quantitative estimate of drug-likeness (QED) is 0.805. The lowest BCUT2D eigenvalue weighted by Crippen LogP contribution is -2.22. The Morgan fingerprint density at radius 3 is 3.12 bits per heavy atom. The Labute approximate surface area is 103 Å². The predicted molar refractivity (Wildman–Crippen MR) is 70.3 cm³/mol. The van der Waals surface area contributed by atoms with Gasteiger partial charge in [-0.25, -0.2) is 4.98 Å². The molecule has 1 aliphatic heterocycles. The fraction of sp³-hybridized carbons (Fsp3) is 0.667. The highest BCUT2D eigenvalue weighted by molar-refractivity contribution is 5.39. The molecule has 1 unspecified atom stereocenters. The smallest absolute Gasteiger partial charge is 0.224 e. The first-order valence-corrected chi connectivity index (χ1v) is 6.29. The summed E-state index contributed by atoms with van der Waals surface area (Å²) in [5.41, 5.74) is 0. The monoisotopic (exact) mass is 235 g/mol. The highest BCUT2D eigenvalue weighted by atomic mass is 15.2. The molecular formula is C12H21N5. The van der Waals surface area contributed by atoms with E-state index in [-0.39, 0.29) is 0 Å². The maximum atomic E-state index is 4.34. The summed E-state index contributed by atoms with van der Waals surface area (Å²) in [7, 11) is 1.83. The van der Waals surface area contributed by atoms with Crippen molar-refractivity contribution < 1.29 is 0 Å². The van der Waals surface area contributed by atoms with Gasteiger partial charge in [0.25, 0.3) is 0 Å². The van der Waals surface area contributed by atoms with Crippen LogP contribution in [0.3, 0.4) is 0 Å². The molecule has 94 valence electrons. The third-order valence-electron chi connectivity index (χ3n) is 3.27. The van der Waals surface area contributed by atoms with E-state index in [1.807, 2.05) is 13.1 Å². The molecule has 0 amide bonds. The highest BCUT2D eigenvalue weighted by Crippen LogP contribution is 2.16. The first-order chi connectivity index (χ1) is 8.31. The number of likely N-dealkylation sites (tertiary alicyclic amines) is 1. The lowest BCUT2D eigenvalue weighted by molar-refractivity contribution is 0.345. The summed E-state index contributed by atoms with van der Waals surface area (Å²) in [6, 6.07) is 1.91. The molecule has 1 atom stereocenters. The second-order valence-corrected chi connectivity index (χ2v) is 4.44. The lowest BCUT2D eigenvalue weighted by Gasteiger charge is -2.14. The Kier molecular flexibility index (Phi) is 4.14. The van der Waals surface area contributed by atoms with Gasteiger partial charge in [0.2, 0.25) is 5.95 Å². The van der Waals surface area contributed by atoms with Crippen LogP contribution < -0.4 is 10.6 Å². The number of anilines is 2. The summed E-state index contributed by atoms with van der Waals surface area (Å²) >= 11 is 0. The molecule has 1 saturated heterocycles. The van der Waals surface area contributed by atoms with Gasteiger partial charge in [-0.3, -0.25) is 0 Å². The van der Waals surface area contributed by atoms with E-state index in [9.17, 15) is 0 Å². The normalized spacial score (nSPS) is 20.5. The molecule has 0 aliphatic carbocycles. The van der Waals surface area contributed by atoms with E-state index in [1.165, 1.54) is 19.5 Å². The molecular weight excluding hydrogens is 214 g/mol. The largest absolute Gasteiger partial charge is 0.370 e. The minimum Gasteiger partial charge on any atom is -0.370 e. The van der Waals surface area contributed by atoms with Crippen LogP contribution in [0.1, 0.15) is 13.3 Å². The molecule has 1 aromatic heterocycles. The second kappa shape index (κ2) is 5.82. The third-order valence-corrected chi connectivity index (χ3v) is 3.27. The molecule has 2 heterocycles. The molecule has 1 aromatic rings. The molecule has 0 spiro atoms. The molecule has 5 heteroatoms. The second-order valence-electron chi connectivity index (χ2n) is 4.44. The van der Waals surface area contributed by atoms with Crippen molar-refractivity contribution in [2.75, 3.05) is 43.9 Å². The van der Waals surface area contributed by atoms with Gasteiger partial charge >= 0.3 is 0 Å². The zero-order chi connectivity index (χ0) is 12.1. The molecule has 5 nitrogen and oxygen atoms in total. The van der Waals surface area contributed by atoms with Crippen LogP contribution in [-0.4, -0.2) is 48.1 Å². The molecule has 1 fully saturated rings. The van der Waals surface area contributed by atoms with Gasteiger partial charge < -0.3 is 15.5 Å². The predicted octanol–water partition coefficient (Wildman–Crippen LogP) is 1.27. The number of hydrogen-bond donors (Lipinski definition) is 2. The van der Waals surface area contributed by atoms with Crippen LogP contribution in [0.4, 0.5) is 11.8 Å². The first-order valence-electron chi connectivity index (χ1n) is 6.29. The van der Waals surface area contributed by atoms with Crippen molar-refractivity contribution in [2.24, 2.45) is 5.92 Å². The van der Waals surface area contributed by atoms with Crippen molar-refractivity contribution in [1.82, 2.24) is 14.9 Å². The first kappa shape index (κ1) is 12.1. The van der Waals surface area contributed by atoms with Crippen molar-refractivity contribution in [3.63, 3.8) is 0 Å². The minimum atomic E-state index is 0.664. The van der Waals surface area contributed by atoms with Crippen LogP contribution >= 0.6 is 0 Å². The zero-order valence-corrected chi connectivity index (χ0v) is 10.6.